The van der Waals surface area contributed by atoms with E-state index in [9.17, 15) is 0 Å². The molecule has 0 aliphatic rings. The first-order valence-electron chi connectivity index (χ1n) is 5.46. The lowest BCUT2D eigenvalue weighted by Crippen LogP contribution is -1.95. The highest BCUT2D eigenvalue weighted by atomic mass is 79.9. The van der Waals surface area contributed by atoms with Crippen molar-refractivity contribution in [1.29, 1.82) is 0 Å². The van der Waals surface area contributed by atoms with Crippen molar-refractivity contribution in [3.8, 4) is 0 Å². The van der Waals surface area contributed by atoms with E-state index < -0.39 is 0 Å². The summed E-state index contributed by atoms with van der Waals surface area (Å²) in [4.78, 5) is 0.188. The zero-order valence-electron chi connectivity index (χ0n) is 10.1. The second-order valence-corrected chi connectivity index (χ2v) is 6.00. The van der Waals surface area contributed by atoms with Crippen molar-refractivity contribution in [2.45, 2.75) is 25.6 Å². The largest absolute Gasteiger partial charge is 0.466 e. The van der Waals surface area contributed by atoms with Crippen molar-refractivity contribution < 1.29 is 4.42 Å². The van der Waals surface area contributed by atoms with Crippen LogP contribution in [0.3, 0.4) is 0 Å². The Hall–Kier alpha value is -0.540. The molecule has 0 aliphatic heterocycles. The average molecular weight is 358 g/mol. The Bertz CT molecular complexity index is 526. The Labute approximate surface area is 118 Å². The first-order chi connectivity index (χ1) is 8.00. The summed E-state index contributed by atoms with van der Waals surface area (Å²) in [6.07, 6.45) is 0. The summed E-state index contributed by atoms with van der Waals surface area (Å²) < 4.78 is 6.77. The van der Waals surface area contributed by atoms with Gasteiger partial charge in [-0.25, -0.2) is 0 Å². The van der Waals surface area contributed by atoms with Gasteiger partial charge in [-0.1, -0.05) is 44.0 Å². The minimum atomic E-state index is 0.188. The summed E-state index contributed by atoms with van der Waals surface area (Å²) in [5.41, 5.74) is 3.71. The Morgan fingerprint density at radius 3 is 2.06 bits per heavy atom. The number of benzene rings is 1. The molecule has 0 fully saturated rings. The predicted molar refractivity (Wildman–Crippen MR) is 77.8 cm³/mol. The third kappa shape index (κ3) is 2.50. The molecule has 0 saturated heterocycles. The van der Waals surface area contributed by atoms with Crippen molar-refractivity contribution in [3.05, 3.63) is 56.9 Å². The Morgan fingerprint density at radius 2 is 1.59 bits per heavy atom. The van der Waals surface area contributed by atoms with Crippen LogP contribution in [0.25, 0.3) is 0 Å². The van der Waals surface area contributed by atoms with Crippen molar-refractivity contribution in [1.82, 2.24) is 0 Å². The maximum atomic E-state index is 5.67. The van der Waals surface area contributed by atoms with Crippen LogP contribution < -0.4 is 0 Å². The Morgan fingerprint density at radius 1 is 1.00 bits per heavy atom. The summed E-state index contributed by atoms with van der Waals surface area (Å²) in [6.45, 7) is 6.13. The Kier molecular flexibility index (Phi) is 3.79. The lowest BCUT2D eigenvalue weighted by atomic mass is 10.0. The SMILES string of the molecule is Cc1oc(C)c(C(Br)c2ccc(Br)cc2)c1C. The first-order valence-corrected chi connectivity index (χ1v) is 7.17. The fourth-order valence-electron chi connectivity index (χ4n) is 1.98. The van der Waals surface area contributed by atoms with Gasteiger partial charge in [0.2, 0.25) is 0 Å². The van der Waals surface area contributed by atoms with E-state index in [2.05, 4.69) is 63.0 Å². The van der Waals surface area contributed by atoms with Gasteiger partial charge >= 0.3 is 0 Å². The maximum Gasteiger partial charge on any atom is 0.106 e. The summed E-state index contributed by atoms with van der Waals surface area (Å²) in [6, 6.07) is 8.35. The molecule has 2 rings (SSSR count). The quantitative estimate of drug-likeness (QED) is 0.651. The molecule has 17 heavy (non-hydrogen) atoms. The van der Waals surface area contributed by atoms with E-state index in [0.29, 0.717) is 0 Å². The standard InChI is InChI=1S/C14H14Br2O/c1-8-9(2)17-10(3)13(8)14(16)11-4-6-12(15)7-5-11/h4-7,14H,1-3H3. The summed E-state index contributed by atoms with van der Waals surface area (Å²) in [7, 11) is 0. The highest BCUT2D eigenvalue weighted by Gasteiger charge is 2.20. The highest BCUT2D eigenvalue weighted by Crippen LogP contribution is 2.37. The monoisotopic (exact) mass is 356 g/mol. The fraction of sp³-hybridized carbons (Fsp3) is 0.286. The fourth-order valence-corrected chi connectivity index (χ4v) is 3.22. The molecule has 1 atom stereocenters. The van der Waals surface area contributed by atoms with Crippen LogP contribution in [0, 0.1) is 20.8 Å². The predicted octanol–water partition coefficient (Wildman–Crippen LogP) is 5.45. The van der Waals surface area contributed by atoms with Crippen LogP contribution >= 0.6 is 31.9 Å². The van der Waals surface area contributed by atoms with Crippen LogP contribution in [0.5, 0.6) is 0 Å². The molecule has 1 aromatic carbocycles. The maximum absolute atomic E-state index is 5.67. The van der Waals surface area contributed by atoms with Gasteiger partial charge in [0.1, 0.15) is 11.5 Å². The molecular formula is C14H14Br2O. The Balaban J connectivity index is 2.43. The molecule has 1 nitrogen and oxygen atoms in total. The lowest BCUT2D eigenvalue weighted by molar-refractivity contribution is 0.500. The minimum Gasteiger partial charge on any atom is -0.466 e. The van der Waals surface area contributed by atoms with E-state index in [-0.39, 0.29) is 4.83 Å². The molecular weight excluding hydrogens is 344 g/mol. The van der Waals surface area contributed by atoms with Crippen LogP contribution in [0.1, 0.15) is 33.0 Å². The van der Waals surface area contributed by atoms with Gasteiger partial charge in [-0.15, -0.1) is 0 Å². The van der Waals surface area contributed by atoms with Gasteiger partial charge in [-0.2, -0.15) is 0 Å². The van der Waals surface area contributed by atoms with E-state index in [1.165, 1.54) is 16.7 Å². The van der Waals surface area contributed by atoms with Gasteiger partial charge < -0.3 is 4.42 Å². The average Bonchev–Trinajstić information content (AvgIpc) is 2.53. The van der Waals surface area contributed by atoms with Crippen LogP contribution in [0.2, 0.25) is 0 Å². The van der Waals surface area contributed by atoms with Gasteiger partial charge in [0.15, 0.2) is 0 Å². The minimum absolute atomic E-state index is 0.188. The molecule has 90 valence electrons. The second kappa shape index (κ2) is 4.99. The zero-order chi connectivity index (χ0) is 12.6. The zero-order valence-corrected chi connectivity index (χ0v) is 13.2. The van der Waals surface area contributed by atoms with Gasteiger partial charge in [0.05, 0.1) is 4.83 Å². The van der Waals surface area contributed by atoms with Crippen LogP contribution in [-0.2, 0) is 0 Å². The second-order valence-electron chi connectivity index (χ2n) is 4.17. The number of hydrogen-bond acceptors (Lipinski definition) is 1. The van der Waals surface area contributed by atoms with E-state index >= 15 is 0 Å². The van der Waals surface area contributed by atoms with Crippen molar-refractivity contribution in [2.75, 3.05) is 0 Å². The van der Waals surface area contributed by atoms with Crippen LogP contribution in [-0.4, -0.2) is 0 Å². The van der Waals surface area contributed by atoms with Crippen molar-refractivity contribution in [2.24, 2.45) is 0 Å². The molecule has 0 saturated carbocycles. The topological polar surface area (TPSA) is 13.1 Å². The first kappa shape index (κ1) is 12.9. The van der Waals surface area contributed by atoms with Crippen molar-refractivity contribution >= 4 is 31.9 Å². The lowest BCUT2D eigenvalue weighted by Gasteiger charge is -2.11. The molecule has 0 radical (unpaired) electrons. The third-order valence-corrected chi connectivity index (χ3v) is 4.55. The van der Waals surface area contributed by atoms with Crippen molar-refractivity contribution in [3.63, 3.8) is 0 Å². The molecule has 0 bridgehead atoms. The molecule has 1 unspecified atom stereocenters. The summed E-state index contributed by atoms with van der Waals surface area (Å²) in [5, 5.41) is 0. The number of hydrogen-bond donors (Lipinski definition) is 0. The molecule has 1 aromatic heterocycles. The van der Waals surface area contributed by atoms with E-state index in [0.717, 1.165) is 16.0 Å². The smallest absolute Gasteiger partial charge is 0.106 e. The van der Waals surface area contributed by atoms with E-state index in [4.69, 9.17) is 4.42 Å². The molecule has 0 aliphatic carbocycles. The molecule has 0 N–H and O–H groups in total. The van der Waals surface area contributed by atoms with E-state index in [1.807, 2.05) is 13.8 Å². The summed E-state index contributed by atoms with van der Waals surface area (Å²) in [5.74, 6) is 1.99. The molecule has 1 heterocycles. The summed E-state index contributed by atoms with van der Waals surface area (Å²) >= 11 is 7.21. The number of halogens is 2. The molecule has 0 amide bonds. The normalized spacial score (nSPS) is 12.8. The van der Waals surface area contributed by atoms with Gasteiger partial charge in [0.25, 0.3) is 0 Å². The number of aryl methyl sites for hydroxylation is 2. The number of alkyl halides is 1. The molecule has 0 spiro atoms. The third-order valence-electron chi connectivity index (χ3n) is 3.03. The molecule has 3 heteroatoms. The van der Waals surface area contributed by atoms with Crippen LogP contribution in [0.15, 0.2) is 33.2 Å². The van der Waals surface area contributed by atoms with Gasteiger partial charge in [-0.05, 0) is 44.0 Å². The van der Waals surface area contributed by atoms with Gasteiger partial charge in [-0.3, -0.25) is 0 Å². The van der Waals surface area contributed by atoms with Gasteiger partial charge in [0, 0.05) is 10.0 Å². The highest BCUT2D eigenvalue weighted by molar-refractivity contribution is 9.10. The van der Waals surface area contributed by atoms with Crippen LogP contribution in [0.4, 0.5) is 0 Å². The number of rotatable bonds is 2. The van der Waals surface area contributed by atoms with E-state index in [1.54, 1.807) is 0 Å². The number of furan rings is 1. The molecule has 2 aromatic rings.